The summed E-state index contributed by atoms with van der Waals surface area (Å²) >= 11 is 5.52. The SMILES string of the molecule is COC(=O)Cc1cccc(N=C(N)CCl)c1. The third-order valence-corrected chi connectivity index (χ3v) is 2.17. The number of ether oxygens (including phenoxy) is 1. The molecule has 0 aliphatic heterocycles. The molecule has 0 radical (unpaired) electrons. The van der Waals surface area contributed by atoms with E-state index in [0.29, 0.717) is 11.5 Å². The summed E-state index contributed by atoms with van der Waals surface area (Å²) in [5.74, 6) is 0.240. The first kappa shape index (κ1) is 12.5. The van der Waals surface area contributed by atoms with Gasteiger partial charge in [0.15, 0.2) is 0 Å². The number of esters is 1. The van der Waals surface area contributed by atoms with Gasteiger partial charge in [-0.1, -0.05) is 12.1 Å². The maximum atomic E-state index is 11.1. The fraction of sp³-hybridized carbons (Fsp3) is 0.273. The van der Waals surface area contributed by atoms with E-state index in [1.54, 1.807) is 18.2 Å². The first-order chi connectivity index (χ1) is 7.65. The summed E-state index contributed by atoms with van der Waals surface area (Å²) < 4.78 is 4.58. The number of rotatable bonds is 4. The number of hydrogen-bond donors (Lipinski definition) is 1. The van der Waals surface area contributed by atoms with Gasteiger partial charge in [-0.05, 0) is 17.7 Å². The Bertz CT molecular complexity index is 405. The van der Waals surface area contributed by atoms with Crippen LogP contribution in [0.5, 0.6) is 0 Å². The number of nitrogens with two attached hydrogens (primary N) is 1. The minimum atomic E-state index is -0.286. The topological polar surface area (TPSA) is 64.7 Å². The molecule has 0 bridgehead atoms. The van der Waals surface area contributed by atoms with Crippen molar-refractivity contribution in [2.45, 2.75) is 6.42 Å². The maximum absolute atomic E-state index is 11.1. The van der Waals surface area contributed by atoms with E-state index in [2.05, 4.69) is 9.73 Å². The Morgan fingerprint density at radius 3 is 2.94 bits per heavy atom. The Hall–Kier alpha value is -1.55. The van der Waals surface area contributed by atoms with E-state index in [1.807, 2.05) is 6.07 Å². The van der Waals surface area contributed by atoms with Gasteiger partial charge in [0.1, 0.15) is 5.84 Å². The molecule has 0 saturated heterocycles. The van der Waals surface area contributed by atoms with Crippen LogP contribution < -0.4 is 5.73 Å². The molecule has 1 aromatic carbocycles. The second kappa shape index (κ2) is 6.12. The molecule has 0 atom stereocenters. The monoisotopic (exact) mass is 240 g/mol. The van der Waals surface area contributed by atoms with Gasteiger partial charge < -0.3 is 10.5 Å². The number of carbonyl (C=O) groups excluding carboxylic acids is 1. The molecule has 5 heteroatoms. The highest BCUT2D eigenvalue weighted by Crippen LogP contribution is 2.14. The van der Waals surface area contributed by atoms with Crippen LogP contribution in [-0.4, -0.2) is 24.8 Å². The van der Waals surface area contributed by atoms with E-state index < -0.39 is 0 Å². The van der Waals surface area contributed by atoms with Crippen molar-refractivity contribution in [1.29, 1.82) is 0 Å². The van der Waals surface area contributed by atoms with Crippen LogP contribution in [0.1, 0.15) is 5.56 Å². The van der Waals surface area contributed by atoms with Crippen molar-refractivity contribution in [3.8, 4) is 0 Å². The molecule has 0 aliphatic carbocycles. The van der Waals surface area contributed by atoms with Crippen LogP contribution in [-0.2, 0) is 16.0 Å². The average Bonchev–Trinajstić information content (AvgIpc) is 2.29. The summed E-state index contributed by atoms with van der Waals surface area (Å²) in [6, 6.07) is 7.20. The molecule has 0 fully saturated rings. The van der Waals surface area contributed by atoms with Crippen molar-refractivity contribution in [2.24, 2.45) is 10.7 Å². The summed E-state index contributed by atoms with van der Waals surface area (Å²) in [6.45, 7) is 0. The molecule has 0 amide bonds. The van der Waals surface area contributed by atoms with Crippen LogP contribution in [0.15, 0.2) is 29.3 Å². The molecule has 0 unspecified atom stereocenters. The number of alkyl halides is 1. The zero-order valence-electron chi connectivity index (χ0n) is 8.94. The average molecular weight is 241 g/mol. The third kappa shape index (κ3) is 3.90. The van der Waals surface area contributed by atoms with Crippen LogP contribution in [0, 0.1) is 0 Å². The van der Waals surface area contributed by atoms with Crippen molar-refractivity contribution in [1.82, 2.24) is 0 Å². The molecule has 4 nitrogen and oxygen atoms in total. The van der Waals surface area contributed by atoms with Gasteiger partial charge >= 0.3 is 5.97 Å². The Kier molecular flexibility index (Phi) is 4.79. The minimum absolute atomic E-state index is 0.182. The molecule has 1 rings (SSSR count). The van der Waals surface area contributed by atoms with Crippen molar-refractivity contribution in [3.05, 3.63) is 29.8 Å². The summed E-state index contributed by atoms with van der Waals surface area (Å²) in [7, 11) is 1.36. The van der Waals surface area contributed by atoms with Gasteiger partial charge in [0.05, 0.1) is 25.1 Å². The smallest absolute Gasteiger partial charge is 0.309 e. The molecule has 86 valence electrons. The lowest BCUT2D eigenvalue weighted by molar-refractivity contribution is -0.139. The number of nitrogens with zero attached hydrogens (tertiary/aromatic N) is 1. The second-order valence-corrected chi connectivity index (χ2v) is 3.43. The Labute approximate surface area is 99.1 Å². The fourth-order valence-electron chi connectivity index (χ4n) is 1.17. The van der Waals surface area contributed by atoms with Crippen LogP contribution in [0.25, 0.3) is 0 Å². The molecule has 1 aromatic rings. The first-order valence-electron chi connectivity index (χ1n) is 4.70. The molecule has 0 aliphatic rings. The number of hydrogen-bond acceptors (Lipinski definition) is 3. The number of methoxy groups -OCH3 is 1. The van der Waals surface area contributed by atoms with Gasteiger partial charge in [0.25, 0.3) is 0 Å². The Morgan fingerprint density at radius 1 is 1.56 bits per heavy atom. The molecule has 0 heterocycles. The van der Waals surface area contributed by atoms with Crippen molar-refractivity contribution >= 4 is 29.1 Å². The number of halogens is 1. The van der Waals surface area contributed by atoms with E-state index >= 15 is 0 Å². The molecular weight excluding hydrogens is 228 g/mol. The second-order valence-electron chi connectivity index (χ2n) is 3.16. The predicted octanol–water partition coefficient (Wildman–Crippen LogP) is 1.63. The van der Waals surface area contributed by atoms with E-state index in [9.17, 15) is 4.79 Å². The van der Waals surface area contributed by atoms with Gasteiger partial charge in [-0.15, -0.1) is 11.6 Å². The minimum Gasteiger partial charge on any atom is -0.469 e. The standard InChI is InChI=1S/C11H13ClN2O2/c1-16-11(15)6-8-3-2-4-9(5-8)14-10(13)7-12/h2-5H,6-7H2,1H3,(H2,13,14). The summed E-state index contributed by atoms with van der Waals surface area (Å²) in [5, 5.41) is 0. The van der Waals surface area contributed by atoms with Gasteiger partial charge in [-0.3, -0.25) is 4.79 Å². The lowest BCUT2D eigenvalue weighted by atomic mass is 10.1. The fourth-order valence-corrected chi connectivity index (χ4v) is 1.23. The zero-order valence-corrected chi connectivity index (χ0v) is 9.70. The number of aliphatic imine (C=N–C) groups is 1. The Morgan fingerprint density at radius 2 is 2.31 bits per heavy atom. The first-order valence-corrected chi connectivity index (χ1v) is 5.24. The molecule has 2 N–H and O–H groups in total. The van der Waals surface area contributed by atoms with Crippen LogP contribution in [0.2, 0.25) is 0 Å². The lowest BCUT2D eigenvalue weighted by Crippen LogP contribution is -2.12. The van der Waals surface area contributed by atoms with Crippen molar-refractivity contribution < 1.29 is 9.53 Å². The van der Waals surface area contributed by atoms with Crippen LogP contribution >= 0.6 is 11.6 Å². The lowest BCUT2D eigenvalue weighted by Gasteiger charge is -2.01. The largest absolute Gasteiger partial charge is 0.469 e. The van der Waals surface area contributed by atoms with Crippen LogP contribution in [0.3, 0.4) is 0 Å². The number of benzene rings is 1. The van der Waals surface area contributed by atoms with E-state index in [0.717, 1.165) is 5.56 Å². The highest BCUT2D eigenvalue weighted by molar-refractivity contribution is 6.28. The van der Waals surface area contributed by atoms with Gasteiger partial charge in [-0.25, -0.2) is 4.99 Å². The van der Waals surface area contributed by atoms with Gasteiger partial charge in [-0.2, -0.15) is 0 Å². The summed E-state index contributed by atoms with van der Waals surface area (Å²) in [5.41, 5.74) is 7.02. The summed E-state index contributed by atoms with van der Waals surface area (Å²) in [6.07, 6.45) is 0.223. The van der Waals surface area contributed by atoms with E-state index in [-0.39, 0.29) is 18.3 Å². The third-order valence-electron chi connectivity index (χ3n) is 1.90. The number of amidine groups is 1. The molecule has 16 heavy (non-hydrogen) atoms. The van der Waals surface area contributed by atoms with E-state index in [1.165, 1.54) is 7.11 Å². The quantitative estimate of drug-likeness (QED) is 0.377. The summed E-state index contributed by atoms with van der Waals surface area (Å²) in [4.78, 5) is 15.1. The normalized spacial score (nSPS) is 11.2. The molecular formula is C11H13ClN2O2. The van der Waals surface area contributed by atoms with Gasteiger partial charge in [0, 0.05) is 0 Å². The Balaban J connectivity index is 2.83. The van der Waals surface area contributed by atoms with Crippen LogP contribution in [0.4, 0.5) is 5.69 Å². The highest BCUT2D eigenvalue weighted by atomic mass is 35.5. The van der Waals surface area contributed by atoms with Crippen molar-refractivity contribution in [3.63, 3.8) is 0 Å². The molecule has 0 aromatic heterocycles. The van der Waals surface area contributed by atoms with Crippen molar-refractivity contribution in [2.75, 3.05) is 13.0 Å². The maximum Gasteiger partial charge on any atom is 0.309 e. The molecule has 0 saturated carbocycles. The number of carbonyl (C=O) groups is 1. The van der Waals surface area contributed by atoms with Gasteiger partial charge in [0.2, 0.25) is 0 Å². The van der Waals surface area contributed by atoms with E-state index in [4.69, 9.17) is 17.3 Å². The highest BCUT2D eigenvalue weighted by Gasteiger charge is 2.03. The molecule has 0 spiro atoms. The zero-order chi connectivity index (χ0) is 12.0. The predicted molar refractivity (Wildman–Crippen MR) is 64.2 cm³/mol.